The van der Waals surface area contributed by atoms with E-state index >= 15 is 0 Å². The van der Waals surface area contributed by atoms with Crippen LogP contribution in [0.5, 0.6) is 0 Å². The summed E-state index contributed by atoms with van der Waals surface area (Å²) < 4.78 is 22.6. The third kappa shape index (κ3) is 2.78. The van der Waals surface area contributed by atoms with Crippen LogP contribution < -0.4 is 5.32 Å². The largest absolute Gasteiger partial charge is 0.387 e. The molecule has 0 aromatic rings. The van der Waals surface area contributed by atoms with Gasteiger partial charge in [0.05, 0.1) is 23.5 Å². The van der Waals surface area contributed by atoms with Crippen LogP contribution in [0.4, 0.5) is 0 Å². The minimum absolute atomic E-state index is 0.0475. The number of carbonyl (C=O) groups is 1. The quantitative estimate of drug-likeness (QED) is 0.637. The lowest BCUT2D eigenvalue weighted by Crippen LogP contribution is -2.61. The Morgan fingerprint density at radius 2 is 2.18 bits per heavy atom. The van der Waals surface area contributed by atoms with Gasteiger partial charge in [-0.3, -0.25) is 4.79 Å². The summed E-state index contributed by atoms with van der Waals surface area (Å²) >= 11 is 0. The fourth-order valence-corrected chi connectivity index (χ4v) is 4.00. The molecule has 2 saturated heterocycles. The molecule has 17 heavy (non-hydrogen) atoms. The number of sulfone groups is 1. The summed E-state index contributed by atoms with van der Waals surface area (Å²) in [4.78, 5) is 13.4. The number of nitrogens with zero attached hydrogens (tertiary/aromatic N) is 1. The van der Waals surface area contributed by atoms with Gasteiger partial charge in [-0.1, -0.05) is 0 Å². The Kier molecular flexibility index (Phi) is 3.17. The van der Waals surface area contributed by atoms with Crippen LogP contribution in [0, 0.1) is 0 Å². The summed E-state index contributed by atoms with van der Waals surface area (Å²) in [5, 5.41) is 12.8. The Hall–Kier alpha value is -0.660. The van der Waals surface area contributed by atoms with E-state index < -0.39 is 15.4 Å². The highest BCUT2D eigenvalue weighted by molar-refractivity contribution is 7.91. The first-order valence-electron chi connectivity index (χ1n) is 5.71. The van der Waals surface area contributed by atoms with E-state index in [0.29, 0.717) is 19.5 Å². The molecule has 1 amide bonds. The normalized spacial score (nSPS) is 29.6. The molecule has 0 aliphatic carbocycles. The Morgan fingerprint density at radius 3 is 2.59 bits per heavy atom. The maximum Gasteiger partial charge on any atom is 0.225 e. The van der Waals surface area contributed by atoms with Gasteiger partial charge in [-0.2, -0.15) is 0 Å². The van der Waals surface area contributed by atoms with Gasteiger partial charge >= 0.3 is 0 Å². The molecule has 2 aliphatic heterocycles. The van der Waals surface area contributed by atoms with Gasteiger partial charge in [0.25, 0.3) is 0 Å². The molecule has 2 rings (SSSR count). The Labute approximate surface area is 101 Å². The van der Waals surface area contributed by atoms with Gasteiger partial charge < -0.3 is 15.3 Å². The predicted octanol–water partition coefficient (Wildman–Crippen LogP) is -1.64. The molecule has 0 bridgehead atoms. The lowest BCUT2D eigenvalue weighted by molar-refractivity contribution is -0.138. The van der Waals surface area contributed by atoms with E-state index in [1.54, 1.807) is 7.05 Å². The van der Waals surface area contributed by atoms with Crippen molar-refractivity contribution in [3.8, 4) is 0 Å². The van der Waals surface area contributed by atoms with E-state index in [-0.39, 0.29) is 29.9 Å². The monoisotopic (exact) mass is 262 g/mol. The molecule has 0 aromatic carbocycles. The van der Waals surface area contributed by atoms with Gasteiger partial charge in [0.2, 0.25) is 5.91 Å². The van der Waals surface area contributed by atoms with Crippen LogP contribution in [0.25, 0.3) is 0 Å². The van der Waals surface area contributed by atoms with Crippen molar-refractivity contribution in [1.82, 2.24) is 10.2 Å². The van der Waals surface area contributed by atoms with Crippen LogP contribution in [0.2, 0.25) is 0 Å². The van der Waals surface area contributed by atoms with E-state index in [1.165, 1.54) is 4.90 Å². The van der Waals surface area contributed by atoms with Gasteiger partial charge in [0, 0.05) is 26.2 Å². The summed E-state index contributed by atoms with van der Waals surface area (Å²) in [6.07, 6.45) is 0.564. The molecule has 0 spiro atoms. The van der Waals surface area contributed by atoms with Crippen molar-refractivity contribution in [2.24, 2.45) is 0 Å². The van der Waals surface area contributed by atoms with Crippen LogP contribution >= 0.6 is 0 Å². The minimum Gasteiger partial charge on any atom is -0.387 e. The molecular weight excluding hydrogens is 244 g/mol. The van der Waals surface area contributed by atoms with Crippen LogP contribution in [-0.2, 0) is 14.6 Å². The van der Waals surface area contributed by atoms with Gasteiger partial charge in [-0.05, 0) is 6.42 Å². The SMILES string of the molecule is CN(C(=O)CC1(O)CNC1)C1CCS(=O)(=O)C1. The first kappa shape index (κ1) is 12.8. The zero-order valence-electron chi connectivity index (χ0n) is 9.85. The molecule has 2 N–H and O–H groups in total. The zero-order valence-corrected chi connectivity index (χ0v) is 10.7. The van der Waals surface area contributed by atoms with E-state index in [9.17, 15) is 18.3 Å². The molecule has 0 radical (unpaired) electrons. The van der Waals surface area contributed by atoms with E-state index in [0.717, 1.165) is 0 Å². The lowest BCUT2D eigenvalue weighted by atomic mass is 9.92. The summed E-state index contributed by atoms with van der Waals surface area (Å²) in [7, 11) is -1.36. The van der Waals surface area contributed by atoms with Crippen molar-refractivity contribution in [2.45, 2.75) is 24.5 Å². The van der Waals surface area contributed by atoms with Gasteiger partial charge in [-0.25, -0.2) is 8.42 Å². The predicted molar refractivity (Wildman–Crippen MR) is 62.3 cm³/mol. The minimum atomic E-state index is -2.98. The van der Waals surface area contributed by atoms with Crippen molar-refractivity contribution in [3.05, 3.63) is 0 Å². The smallest absolute Gasteiger partial charge is 0.225 e. The molecule has 98 valence electrons. The van der Waals surface area contributed by atoms with E-state index in [4.69, 9.17) is 0 Å². The molecule has 2 heterocycles. The number of hydrogen-bond donors (Lipinski definition) is 2. The average molecular weight is 262 g/mol. The van der Waals surface area contributed by atoms with Crippen LogP contribution in [0.15, 0.2) is 0 Å². The standard InChI is InChI=1S/C10H18N2O4S/c1-12(8-2-3-17(15,16)5-8)9(13)4-10(14)6-11-7-10/h8,11,14H,2-7H2,1H3. The summed E-state index contributed by atoms with van der Waals surface area (Å²) in [6, 6.07) is -0.232. The summed E-state index contributed by atoms with van der Waals surface area (Å²) in [5.41, 5.74) is -0.942. The fraction of sp³-hybridized carbons (Fsp3) is 0.900. The zero-order chi connectivity index (χ0) is 12.7. The molecule has 2 aliphatic rings. The van der Waals surface area contributed by atoms with Crippen LogP contribution in [-0.4, -0.2) is 67.6 Å². The van der Waals surface area contributed by atoms with Crippen molar-refractivity contribution in [2.75, 3.05) is 31.6 Å². The highest BCUT2D eigenvalue weighted by Crippen LogP contribution is 2.21. The van der Waals surface area contributed by atoms with Crippen molar-refractivity contribution >= 4 is 15.7 Å². The number of aliphatic hydroxyl groups is 1. The molecule has 7 heteroatoms. The fourth-order valence-electron chi connectivity index (χ4n) is 2.23. The Balaban J connectivity index is 1.91. The third-order valence-electron chi connectivity index (χ3n) is 3.54. The van der Waals surface area contributed by atoms with Gasteiger partial charge in [0.15, 0.2) is 9.84 Å². The van der Waals surface area contributed by atoms with Crippen LogP contribution in [0.3, 0.4) is 0 Å². The van der Waals surface area contributed by atoms with Crippen molar-refractivity contribution in [1.29, 1.82) is 0 Å². The van der Waals surface area contributed by atoms with E-state index in [1.807, 2.05) is 0 Å². The van der Waals surface area contributed by atoms with Crippen molar-refractivity contribution in [3.63, 3.8) is 0 Å². The van der Waals surface area contributed by atoms with Crippen LogP contribution in [0.1, 0.15) is 12.8 Å². The Morgan fingerprint density at radius 1 is 1.53 bits per heavy atom. The number of β-amino-alcohol motifs (C(OH)–C–C–N with tert-alkyl or cyclic N) is 1. The summed E-state index contributed by atoms with van der Waals surface area (Å²) in [6.45, 7) is 0.852. The maximum atomic E-state index is 11.9. The molecule has 1 unspecified atom stereocenters. The highest BCUT2D eigenvalue weighted by Gasteiger charge is 2.39. The lowest BCUT2D eigenvalue weighted by Gasteiger charge is -2.38. The average Bonchev–Trinajstić information content (AvgIpc) is 2.55. The second-order valence-electron chi connectivity index (χ2n) is 5.07. The molecule has 0 saturated carbocycles. The molecular formula is C10H18N2O4S. The number of rotatable bonds is 3. The van der Waals surface area contributed by atoms with Crippen molar-refractivity contribution < 1.29 is 18.3 Å². The summed E-state index contributed by atoms with van der Waals surface area (Å²) in [5.74, 6) is 0.0173. The topological polar surface area (TPSA) is 86.7 Å². The third-order valence-corrected chi connectivity index (χ3v) is 5.29. The van der Waals surface area contributed by atoms with Gasteiger partial charge in [-0.15, -0.1) is 0 Å². The number of hydrogen-bond acceptors (Lipinski definition) is 5. The Bertz CT molecular complexity index is 416. The molecule has 6 nitrogen and oxygen atoms in total. The number of nitrogens with one attached hydrogen (secondary N) is 1. The maximum absolute atomic E-state index is 11.9. The van der Waals surface area contributed by atoms with E-state index in [2.05, 4.69) is 5.32 Å². The molecule has 0 aromatic heterocycles. The second-order valence-corrected chi connectivity index (χ2v) is 7.29. The highest BCUT2D eigenvalue weighted by atomic mass is 32.2. The second kappa shape index (κ2) is 4.22. The number of amides is 1. The van der Waals surface area contributed by atoms with Gasteiger partial charge in [0.1, 0.15) is 0 Å². The molecule has 2 fully saturated rings. The number of carbonyl (C=O) groups excluding carboxylic acids is 1. The first-order chi connectivity index (χ1) is 7.81. The first-order valence-corrected chi connectivity index (χ1v) is 7.53. The molecule has 1 atom stereocenters.